The second-order valence-electron chi connectivity index (χ2n) is 6.11. The van der Waals surface area contributed by atoms with Crippen molar-refractivity contribution in [2.45, 2.75) is 57.5 Å². The number of rotatable bonds is 3. The maximum absolute atomic E-state index is 12.4. The fraction of sp³-hybridized carbons (Fsp3) is 0.500. The topological polar surface area (TPSA) is 59.0 Å². The maximum atomic E-state index is 12.4. The van der Waals surface area contributed by atoms with Gasteiger partial charge in [-0.15, -0.1) is 0 Å². The van der Waals surface area contributed by atoms with E-state index in [-0.39, 0.29) is 24.4 Å². The SMILES string of the molecule is O=C(OC1CCCCCC1)C1=NN(c2ccccc2)C(=O)CC1. The Hall–Kier alpha value is -2.17. The average Bonchev–Trinajstić information content (AvgIpc) is 2.84. The molecule has 1 aromatic rings. The number of carbonyl (C=O) groups is 2. The van der Waals surface area contributed by atoms with Gasteiger partial charge >= 0.3 is 5.97 Å². The first-order valence-corrected chi connectivity index (χ1v) is 8.40. The molecule has 1 aliphatic heterocycles. The first-order chi connectivity index (χ1) is 11.2. The number of hydrogen-bond donors (Lipinski definition) is 0. The fourth-order valence-electron chi connectivity index (χ4n) is 3.05. The van der Waals surface area contributed by atoms with Gasteiger partial charge in [0.15, 0.2) is 0 Å². The molecule has 0 radical (unpaired) electrons. The molecule has 0 N–H and O–H groups in total. The van der Waals surface area contributed by atoms with E-state index in [4.69, 9.17) is 4.74 Å². The third-order valence-electron chi connectivity index (χ3n) is 4.34. The lowest BCUT2D eigenvalue weighted by molar-refractivity contribution is -0.141. The predicted molar refractivity (Wildman–Crippen MR) is 88.2 cm³/mol. The summed E-state index contributed by atoms with van der Waals surface area (Å²) >= 11 is 0. The summed E-state index contributed by atoms with van der Waals surface area (Å²) in [6.45, 7) is 0. The van der Waals surface area contributed by atoms with Crippen LogP contribution in [0.3, 0.4) is 0 Å². The van der Waals surface area contributed by atoms with Crippen LogP contribution in [0.1, 0.15) is 51.4 Å². The molecule has 1 amide bonds. The van der Waals surface area contributed by atoms with Crippen LogP contribution in [-0.4, -0.2) is 23.7 Å². The van der Waals surface area contributed by atoms with E-state index >= 15 is 0 Å². The number of esters is 1. The summed E-state index contributed by atoms with van der Waals surface area (Å²) in [5.41, 5.74) is 1.02. The van der Waals surface area contributed by atoms with Crippen LogP contribution in [0, 0.1) is 0 Å². The van der Waals surface area contributed by atoms with Gasteiger partial charge < -0.3 is 4.74 Å². The smallest absolute Gasteiger partial charge is 0.354 e. The number of nitrogens with zero attached hydrogens (tertiary/aromatic N) is 2. The van der Waals surface area contributed by atoms with Gasteiger partial charge in [0.2, 0.25) is 5.91 Å². The van der Waals surface area contributed by atoms with Gasteiger partial charge in [-0.3, -0.25) is 4.79 Å². The number of benzene rings is 1. The van der Waals surface area contributed by atoms with Crippen LogP contribution >= 0.6 is 0 Å². The molecular weight excluding hydrogens is 292 g/mol. The maximum Gasteiger partial charge on any atom is 0.354 e. The molecule has 0 atom stereocenters. The molecule has 1 aliphatic carbocycles. The van der Waals surface area contributed by atoms with Crippen LogP contribution < -0.4 is 5.01 Å². The molecule has 0 unspecified atom stereocenters. The van der Waals surface area contributed by atoms with E-state index < -0.39 is 0 Å². The van der Waals surface area contributed by atoms with E-state index in [9.17, 15) is 9.59 Å². The van der Waals surface area contributed by atoms with Gasteiger partial charge in [0.1, 0.15) is 11.8 Å². The number of anilines is 1. The number of para-hydroxylation sites is 1. The minimum Gasteiger partial charge on any atom is -0.458 e. The van der Waals surface area contributed by atoms with Gasteiger partial charge in [-0.05, 0) is 37.8 Å². The van der Waals surface area contributed by atoms with E-state index in [2.05, 4.69) is 5.10 Å². The van der Waals surface area contributed by atoms with Crippen molar-refractivity contribution in [3.63, 3.8) is 0 Å². The summed E-state index contributed by atoms with van der Waals surface area (Å²) in [6, 6.07) is 9.18. The van der Waals surface area contributed by atoms with Gasteiger partial charge in [0, 0.05) is 12.8 Å². The number of hydrazone groups is 1. The van der Waals surface area contributed by atoms with Crippen LogP contribution in [0.2, 0.25) is 0 Å². The molecule has 122 valence electrons. The highest BCUT2D eigenvalue weighted by Gasteiger charge is 2.28. The molecule has 0 saturated heterocycles. The molecule has 0 spiro atoms. The molecule has 5 nitrogen and oxygen atoms in total. The predicted octanol–water partition coefficient (Wildman–Crippen LogP) is 3.44. The Morgan fingerprint density at radius 2 is 1.74 bits per heavy atom. The van der Waals surface area contributed by atoms with Gasteiger partial charge in [-0.2, -0.15) is 5.10 Å². The standard InChI is InChI=1S/C18H22N2O3/c21-17-13-12-16(19-20(17)14-8-4-3-5-9-14)18(22)23-15-10-6-1-2-7-11-15/h3-5,8-9,15H,1-2,6-7,10-13H2. The van der Waals surface area contributed by atoms with E-state index in [1.54, 1.807) is 12.1 Å². The molecule has 1 aromatic carbocycles. The molecule has 0 bridgehead atoms. The van der Waals surface area contributed by atoms with Crippen molar-refractivity contribution in [2.75, 3.05) is 5.01 Å². The molecule has 2 aliphatic rings. The Labute approximate surface area is 136 Å². The van der Waals surface area contributed by atoms with E-state index in [0.717, 1.165) is 25.7 Å². The van der Waals surface area contributed by atoms with Crippen molar-refractivity contribution >= 4 is 23.3 Å². The second kappa shape index (κ2) is 7.40. The van der Waals surface area contributed by atoms with Crippen molar-refractivity contribution in [3.8, 4) is 0 Å². The summed E-state index contributed by atoms with van der Waals surface area (Å²) in [7, 11) is 0. The van der Waals surface area contributed by atoms with E-state index in [1.165, 1.54) is 17.9 Å². The summed E-state index contributed by atoms with van der Waals surface area (Å²) in [5.74, 6) is -0.465. The van der Waals surface area contributed by atoms with Crippen molar-refractivity contribution in [1.82, 2.24) is 0 Å². The Balaban J connectivity index is 1.70. The zero-order chi connectivity index (χ0) is 16.1. The first-order valence-electron chi connectivity index (χ1n) is 8.40. The lowest BCUT2D eigenvalue weighted by Crippen LogP contribution is -2.36. The molecule has 5 heteroatoms. The lowest BCUT2D eigenvalue weighted by atomic mass is 10.1. The minimum absolute atomic E-state index is 0.00416. The van der Waals surface area contributed by atoms with E-state index in [1.807, 2.05) is 18.2 Å². The summed E-state index contributed by atoms with van der Waals surface area (Å²) in [6.07, 6.45) is 7.15. The van der Waals surface area contributed by atoms with E-state index in [0.29, 0.717) is 17.8 Å². The van der Waals surface area contributed by atoms with Crippen LogP contribution in [0.5, 0.6) is 0 Å². The monoisotopic (exact) mass is 314 g/mol. The molecule has 1 heterocycles. The molecule has 1 saturated carbocycles. The third kappa shape index (κ3) is 3.97. The number of ether oxygens (including phenoxy) is 1. The first kappa shape index (κ1) is 15.7. The Bertz CT molecular complexity index is 590. The number of carbonyl (C=O) groups excluding carboxylic acids is 2. The summed E-state index contributed by atoms with van der Waals surface area (Å²) in [5, 5.41) is 5.56. The molecule has 1 fully saturated rings. The van der Waals surface area contributed by atoms with Gasteiger partial charge in [-0.1, -0.05) is 31.0 Å². The van der Waals surface area contributed by atoms with Crippen molar-refractivity contribution in [2.24, 2.45) is 5.10 Å². The highest BCUT2D eigenvalue weighted by Crippen LogP contribution is 2.22. The van der Waals surface area contributed by atoms with Crippen LogP contribution in [0.15, 0.2) is 35.4 Å². The fourth-order valence-corrected chi connectivity index (χ4v) is 3.05. The number of hydrogen-bond acceptors (Lipinski definition) is 4. The average molecular weight is 314 g/mol. The number of amides is 1. The zero-order valence-electron chi connectivity index (χ0n) is 13.2. The Morgan fingerprint density at radius 1 is 1.04 bits per heavy atom. The molecule has 23 heavy (non-hydrogen) atoms. The normalized spacial score (nSPS) is 19.9. The zero-order valence-corrected chi connectivity index (χ0v) is 13.2. The van der Waals surface area contributed by atoms with Crippen molar-refractivity contribution < 1.29 is 14.3 Å². The highest BCUT2D eigenvalue weighted by atomic mass is 16.5. The van der Waals surface area contributed by atoms with Gasteiger partial charge in [0.25, 0.3) is 0 Å². The van der Waals surface area contributed by atoms with Crippen molar-refractivity contribution in [1.29, 1.82) is 0 Å². The van der Waals surface area contributed by atoms with Crippen LogP contribution in [0.4, 0.5) is 5.69 Å². The van der Waals surface area contributed by atoms with Gasteiger partial charge in [0.05, 0.1) is 5.69 Å². The van der Waals surface area contributed by atoms with Crippen LogP contribution in [-0.2, 0) is 14.3 Å². The van der Waals surface area contributed by atoms with Gasteiger partial charge in [-0.25, -0.2) is 9.80 Å². The quantitative estimate of drug-likeness (QED) is 0.634. The molecular formula is C18H22N2O3. The van der Waals surface area contributed by atoms with Crippen molar-refractivity contribution in [3.05, 3.63) is 30.3 Å². The second-order valence-corrected chi connectivity index (χ2v) is 6.11. The Morgan fingerprint density at radius 3 is 2.43 bits per heavy atom. The molecule has 3 rings (SSSR count). The highest BCUT2D eigenvalue weighted by molar-refractivity contribution is 6.38. The minimum atomic E-state index is -0.370. The molecule has 0 aromatic heterocycles. The summed E-state index contributed by atoms with van der Waals surface area (Å²) in [4.78, 5) is 24.4. The largest absolute Gasteiger partial charge is 0.458 e. The Kier molecular flexibility index (Phi) is 5.05. The van der Waals surface area contributed by atoms with Crippen LogP contribution in [0.25, 0.3) is 0 Å². The lowest BCUT2D eigenvalue weighted by Gasteiger charge is -2.24. The summed E-state index contributed by atoms with van der Waals surface area (Å²) < 4.78 is 5.62. The third-order valence-corrected chi connectivity index (χ3v) is 4.34.